The van der Waals surface area contributed by atoms with Crippen LogP contribution in [0.25, 0.3) is 0 Å². The highest BCUT2D eigenvalue weighted by molar-refractivity contribution is 6.28. The molecule has 3 rings (SSSR count). The fourth-order valence-corrected chi connectivity index (χ4v) is 5.35. The van der Waals surface area contributed by atoms with Crippen LogP contribution in [0.2, 0.25) is 5.28 Å². The number of carbonyl (C=O) groups excluding carboxylic acids is 2. The van der Waals surface area contributed by atoms with Gasteiger partial charge in [-0.3, -0.25) is 14.8 Å². The standard InChI is InChI=1S/C23H36ClFN6O3/c1-23(2)10-17(29(3)4)13-31(23)20-19(25)18(27-22(24)28-20)11-26-21(33)16(12-30(34)14-32)9-15-7-5-6-8-15/h14-17,34H,5-13H2,1-4H3,(H,26,33)/t16-,17?/m1/s1. The summed E-state index contributed by atoms with van der Waals surface area (Å²) in [5.74, 6) is -1.08. The van der Waals surface area contributed by atoms with Crippen molar-refractivity contribution in [3.63, 3.8) is 0 Å². The predicted molar refractivity (Wildman–Crippen MR) is 127 cm³/mol. The van der Waals surface area contributed by atoms with E-state index in [0.717, 1.165) is 32.1 Å². The van der Waals surface area contributed by atoms with Gasteiger partial charge in [0.25, 0.3) is 0 Å². The molecule has 1 aromatic rings. The van der Waals surface area contributed by atoms with E-state index in [2.05, 4.69) is 20.2 Å². The van der Waals surface area contributed by atoms with E-state index >= 15 is 4.39 Å². The van der Waals surface area contributed by atoms with E-state index in [4.69, 9.17) is 11.6 Å². The summed E-state index contributed by atoms with van der Waals surface area (Å²) in [4.78, 5) is 36.1. The highest BCUT2D eigenvalue weighted by Crippen LogP contribution is 2.36. The number of hydrogen-bond acceptors (Lipinski definition) is 7. The molecule has 2 atom stereocenters. The van der Waals surface area contributed by atoms with E-state index in [0.29, 0.717) is 23.9 Å². The summed E-state index contributed by atoms with van der Waals surface area (Å²) >= 11 is 6.15. The Bertz CT molecular complexity index is 881. The molecule has 1 saturated heterocycles. The summed E-state index contributed by atoms with van der Waals surface area (Å²) in [5.41, 5.74) is -0.330. The van der Waals surface area contributed by atoms with Crippen molar-refractivity contribution in [2.24, 2.45) is 11.8 Å². The minimum Gasteiger partial charge on any atom is -0.350 e. The molecule has 2 N–H and O–H groups in total. The van der Waals surface area contributed by atoms with Gasteiger partial charge in [-0.25, -0.2) is 14.4 Å². The molecule has 34 heavy (non-hydrogen) atoms. The van der Waals surface area contributed by atoms with Gasteiger partial charge >= 0.3 is 0 Å². The number of nitrogens with one attached hydrogen (secondary N) is 1. The molecule has 11 heteroatoms. The van der Waals surface area contributed by atoms with Gasteiger partial charge < -0.3 is 15.1 Å². The largest absolute Gasteiger partial charge is 0.350 e. The van der Waals surface area contributed by atoms with Gasteiger partial charge in [0.05, 0.1) is 19.0 Å². The number of likely N-dealkylation sites (N-methyl/N-ethyl adjacent to an activating group) is 1. The molecule has 2 aliphatic rings. The monoisotopic (exact) mass is 498 g/mol. The van der Waals surface area contributed by atoms with Crippen LogP contribution in [0.3, 0.4) is 0 Å². The Morgan fingerprint density at radius 2 is 2.03 bits per heavy atom. The molecule has 0 aromatic carbocycles. The number of amides is 2. The van der Waals surface area contributed by atoms with Gasteiger partial charge in [-0.1, -0.05) is 25.7 Å². The van der Waals surface area contributed by atoms with E-state index in [1.54, 1.807) is 0 Å². The molecule has 2 amide bonds. The van der Waals surface area contributed by atoms with Crippen LogP contribution in [0.1, 0.15) is 58.1 Å². The zero-order chi connectivity index (χ0) is 25.0. The van der Waals surface area contributed by atoms with Crippen LogP contribution in [0, 0.1) is 17.7 Å². The highest BCUT2D eigenvalue weighted by atomic mass is 35.5. The predicted octanol–water partition coefficient (Wildman–Crippen LogP) is 2.85. The van der Waals surface area contributed by atoms with Gasteiger partial charge in [-0.05, 0) is 58.3 Å². The van der Waals surface area contributed by atoms with E-state index in [9.17, 15) is 14.8 Å². The first-order chi connectivity index (χ1) is 16.0. The third-order valence-corrected chi connectivity index (χ3v) is 7.31. The number of hydrogen-bond donors (Lipinski definition) is 2. The average molecular weight is 499 g/mol. The Kier molecular flexibility index (Phi) is 8.70. The van der Waals surface area contributed by atoms with E-state index in [1.165, 1.54) is 0 Å². The van der Waals surface area contributed by atoms with E-state index in [1.807, 2.05) is 32.8 Å². The summed E-state index contributed by atoms with van der Waals surface area (Å²) in [6.07, 6.45) is 5.96. The fourth-order valence-electron chi connectivity index (χ4n) is 5.17. The average Bonchev–Trinajstić information content (AvgIpc) is 3.40. The number of hydroxylamine groups is 2. The van der Waals surface area contributed by atoms with Crippen LogP contribution in [0.15, 0.2) is 0 Å². The molecular formula is C23H36ClFN6O3. The van der Waals surface area contributed by atoms with Gasteiger partial charge in [-0.2, -0.15) is 4.98 Å². The molecule has 0 spiro atoms. The number of halogens is 2. The molecule has 9 nitrogen and oxygen atoms in total. The van der Waals surface area contributed by atoms with Gasteiger partial charge in [-0.15, -0.1) is 0 Å². The Labute approximate surface area is 205 Å². The fraction of sp³-hybridized carbons (Fsp3) is 0.739. The molecule has 1 aromatic heterocycles. The number of nitrogens with zero attached hydrogens (tertiary/aromatic N) is 5. The summed E-state index contributed by atoms with van der Waals surface area (Å²) in [7, 11) is 3.99. The van der Waals surface area contributed by atoms with Gasteiger partial charge in [0, 0.05) is 18.1 Å². The van der Waals surface area contributed by atoms with Crippen LogP contribution in [0.5, 0.6) is 0 Å². The lowest BCUT2D eigenvalue weighted by molar-refractivity contribution is -0.155. The van der Waals surface area contributed by atoms with Crippen LogP contribution >= 0.6 is 11.6 Å². The minimum atomic E-state index is -0.610. The molecule has 190 valence electrons. The molecule has 1 saturated carbocycles. The van der Waals surface area contributed by atoms with Crippen LogP contribution in [-0.2, 0) is 16.1 Å². The zero-order valence-corrected chi connectivity index (χ0v) is 21.2. The van der Waals surface area contributed by atoms with Crippen molar-refractivity contribution in [3.8, 4) is 0 Å². The second kappa shape index (κ2) is 11.1. The Morgan fingerprint density at radius 3 is 2.62 bits per heavy atom. The lowest BCUT2D eigenvalue weighted by atomic mass is 9.92. The first-order valence-electron chi connectivity index (χ1n) is 11.9. The summed E-state index contributed by atoms with van der Waals surface area (Å²) in [6, 6.07) is 0.238. The number of anilines is 1. The van der Waals surface area contributed by atoms with Crippen LogP contribution in [-0.4, -0.2) is 76.2 Å². The van der Waals surface area contributed by atoms with Crippen LogP contribution in [0.4, 0.5) is 10.2 Å². The molecular weight excluding hydrogens is 463 g/mol. The van der Waals surface area contributed by atoms with Crippen molar-refractivity contribution in [1.82, 2.24) is 25.2 Å². The molecule has 1 unspecified atom stereocenters. The van der Waals surface area contributed by atoms with Gasteiger partial charge in [0.1, 0.15) is 5.69 Å². The third kappa shape index (κ3) is 6.34. The number of aromatic nitrogens is 2. The zero-order valence-electron chi connectivity index (χ0n) is 20.4. The summed E-state index contributed by atoms with van der Waals surface area (Å²) < 4.78 is 15.5. The maximum atomic E-state index is 15.5. The quantitative estimate of drug-likeness (QED) is 0.221. The lowest BCUT2D eigenvalue weighted by Gasteiger charge is -2.32. The van der Waals surface area contributed by atoms with Gasteiger partial charge in [0.2, 0.25) is 17.6 Å². The molecule has 1 aliphatic heterocycles. The van der Waals surface area contributed by atoms with Crippen molar-refractivity contribution in [1.29, 1.82) is 0 Å². The van der Waals surface area contributed by atoms with Crippen LogP contribution < -0.4 is 10.2 Å². The second-order valence-electron chi connectivity index (χ2n) is 10.3. The molecule has 2 fully saturated rings. The second-order valence-corrected chi connectivity index (χ2v) is 10.7. The number of rotatable bonds is 10. The maximum Gasteiger partial charge on any atom is 0.233 e. The van der Waals surface area contributed by atoms with E-state index in [-0.39, 0.29) is 53.8 Å². The minimum absolute atomic E-state index is 0.00307. The smallest absolute Gasteiger partial charge is 0.233 e. The maximum absolute atomic E-state index is 15.5. The third-order valence-electron chi connectivity index (χ3n) is 7.14. The summed E-state index contributed by atoms with van der Waals surface area (Å²) in [5, 5.41) is 12.8. The highest BCUT2D eigenvalue weighted by Gasteiger charge is 2.41. The van der Waals surface area contributed by atoms with Crippen molar-refractivity contribution in [2.45, 2.75) is 70.5 Å². The molecule has 1 aliphatic carbocycles. The molecule has 0 bridgehead atoms. The summed E-state index contributed by atoms with van der Waals surface area (Å²) in [6.45, 7) is 4.39. The Hall–Kier alpha value is -2.04. The van der Waals surface area contributed by atoms with Gasteiger partial charge in [0.15, 0.2) is 11.6 Å². The van der Waals surface area contributed by atoms with Crippen molar-refractivity contribution >= 4 is 29.7 Å². The molecule has 2 heterocycles. The van der Waals surface area contributed by atoms with Crippen molar-refractivity contribution in [2.75, 3.05) is 32.1 Å². The SMILES string of the molecule is CN(C)C1CN(c2nc(Cl)nc(CNC(=O)[C@H](CC3CCCC3)CN(O)C=O)c2F)C(C)(C)C1. The topological polar surface area (TPSA) is 102 Å². The van der Waals surface area contributed by atoms with Crippen molar-refractivity contribution < 1.29 is 19.2 Å². The molecule has 0 radical (unpaired) electrons. The Balaban J connectivity index is 1.75. The van der Waals surface area contributed by atoms with E-state index < -0.39 is 11.7 Å². The lowest BCUT2D eigenvalue weighted by Crippen LogP contribution is -2.40. The Morgan fingerprint density at radius 1 is 1.35 bits per heavy atom. The normalized spacial score (nSPS) is 21.2. The first kappa shape index (κ1) is 26.6. The number of carbonyl (C=O) groups is 2. The van der Waals surface area contributed by atoms with Crippen molar-refractivity contribution in [3.05, 3.63) is 16.8 Å². The first-order valence-corrected chi connectivity index (χ1v) is 12.2.